The fourth-order valence-corrected chi connectivity index (χ4v) is 2.66. The molecule has 2 unspecified atom stereocenters. The minimum absolute atomic E-state index is 0.546. The summed E-state index contributed by atoms with van der Waals surface area (Å²) >= 11 is 2.00. The lowest BCUT2D eigenvalue weighted by atomic mass is 10.1. The second-order valence-electron chi connectivity index (χ2n) is 3.63. The van der Waals surface area contributed by atoms with Crippen molar-refractivity contribution in [3.05, 3.63) is 0 Å². The van der Waals surface area contributed by atoms with E-state index in [0.29, 0.717) is 10.6 Å². The summed E-state index contributed by atoms with van der Waals surface area (Å²) in [7, 11) is 0. The van der Waals surface area contributed by atoms with Gasteiger partial charge in [0.15, 0.2) is 0 Å². The number of hydrogen-bond donors (Lipinski definition) is 0. The molecule has 1 nitrogen and oxygen atoms in total. The highest BCUT2D eigenvalue weighted by Gasteiger charge is 2.22. The molecule has 1 aliphatic rings. The van der Waals surface area contributed by atoms with Gasteiger partial charge in [0.2, 0.25) is 0 Å². The average molecular weight is 171 g/mol. The van der Waals surface area contributed by atoms with E-state index in [4.69, 9.17) is 0 Å². The zero-order valence-electron chi connectivity index (χ0n) is 7.79. The van der Waals surface area contributed by atoms with Gasteiger partial charge in [-0.05, 0) is 26.2 Å². The Morgan fingerprint density at radius 1 is 1.55 bits per heavy atom. The van der Waals surface area contributed by atoms with E-state index in [0.717, 1.165) is 5.92 Å². The van der Waals surface area contributed by atoms with Gasteiger partial charge in [-0.15, -0.1) is 11.8 Å². The van der Waals surface area contributed by atoms with Gasteiger partial charge in [-0.1, -0.05) is 13.8 Å². The van der Waals surface area contributed by atoms with Crippen molar-refractivity contribution >= 4 is 17.5 Å². The zero-order valence-corrected chi connectivity index (χ0v) is 8.61. The maximum Gasteiger partial charge on any atom is 0.0959 e. The fourth-order valence-electron chi connectivity index (χ4n) is 1.21. The van der Waals surface area contributed by atoms with Gasteiger partial charge in [-0.25, -0.2) is 0 Å². The first-order chi connectivity index (χ1) is 5.09. The summed E-state index contributed by atoms with van der Waals surface area (Å²) in [5, 5.41) is 1.20. The van der Waals surface area contributed by atoms with E-state index >= 15 is 0 Å². The molecule has 0 N–H and O–H groups in total. The Hall–Kier alpha value is 0.0200. The van der Waals surface area contributed by atoms with E-state index in [2.05, 4.69) is 32.7 Å². The summed E-state index contributed by atoms with van der Waals surface area (Å²) in [5.74, 6) is 0.773. The number of nitrogens with zero attached hydrogens (tertiary/aromatic N) is 1. The first-order valence-corrected chi connectivity index (χ1v) is 5.23. The smallest absolute Gasteiger partial charge is 0.0959 e. The predicted molar refractivity (Wildman–Crippen MR) is 53.4 cm³/mol. The van der Waals surface area contributed by atoms with E-state index in [-0.39, 0.29) is 0 Å². The monoisotopic (exact) mass is 171 g/mol. The third-order valence-corrected chi connectivity index (χ3v) is 3.33. The van der Waals surface area contributed by atoms with Crippen LogP contribution in [-0.2, 0) is 0 Å². The van der Waals surface area contributed by atoms with Gasteiger partial charge in [0, 0.05) is 11.0 Å². The summed E-state index contributed by atoms with van der Waals surface area (Å²) in [6, 6.07) is 0. The number of hydrogen-bond acceptors (Lipinski definition) is 2. The third-order valence-electron chi connectivity index (χ3n) is 1.97. The van der Waals surface area contributed by atoms with Crippen molar-refractivity contribution in [3.8, 4) is 0 Å². The molecule has 0 aliphatic carbocycles. The molecule has 0 aromatic heterocycles. The van der Waals surface area contributed by atoms with Crippen molar-refractivity contribution in [2.75, 3.05) is 0 Å². The Kier molecular flexibility index (Phi) is 2.99. The van der Waals surface area contributed by atoms with E-state index in [1.165, 1.54) is 12.1 Å². The average Bonchev–Trinajstić information content (AvgIpc) is 2.10. The Morgan fingerprint density at radius 2 is 2.18 bits per heavy atom. The molecule has 0 amide bonds. The summed E-state index contributed by atoms with van der Waals surface area (Å²) in [6.45, 7) is 8.89. The van der Waals surface area contributed by atoms with Crippen LogP contribution in [0.4, 0.5) is 0 Å². The maximum atomic E-state index is 4.59. The van der Waals surface area contributed by atoms with Crippen LogP contribution in [0.15, 0.2) is 4.99 Å². The van der Waals surface area contributed by atoms with E-state index in [9.17, 15) is 0 Å². The highest BCUT2D eigenvalue weighted by atomic mass is 32.2. The minimum atomic E-state index is 0.546. The first kappa shape index (κ1) is 9.11. The van der Waals surface area contributed by atoms with Crippen LogP contribution in [-0.4, -0.2) is 16.3 Å². The second kappa shape index (κ2) is 3.61. The second-order valence-corrected chi connectivity index (χ2v) is 5.16. The Labute approximate surface area is 73.7 Å². The Morgan fingerprint density at radius 3 is 2.55 bits per heavy atom. The van der Waals surface area contributed by atoms with Crippen LogP contribution in [0.25, 0.3) is 0 Å². The van der Waals surface area contributed by atoms with Gasteiger partial charge in [0.05, 0.1) is 5.37 Å². The van der Waals surface area contributed by atoms with Gasteiger partial charge in [-0.3, -0.25) is 4.99 Å². The molecule has 0 saturated carbocycles. The lowest BCUT2D eigenvalue weighted by Gasteiger charge is -2.09. The SMILES string of the molecule is CC1=NC(CC(C)C)SC1C. The molecule has 0 aromatic rings. The Balaban J connectivity index is 2.41. The molecule has 0 bridgehead atoms. The lowest BCUT2D eigenvalue weighted by molar-refractivity contribution is 0.579. The molecule has 0 spiro atoms. The molecule has 0 saturated heterocycles. The van der Waals surface area contributed by atoms with E-state index in [1.807, 2.05) is 11.8 Å². The quantitative estimate of drug-likeness (QED) is 0.622. The Bertz CT molecular complexity index is 163. The number of thioether (sulfide) groups is 1. The van der Waals surface area contributed by atoms with Crippen molar-refractivity contribution in [1.82, 2.24) is 0 Å². The summed E-state index contributed by atoms with van der Waals surface area (Å²) in [5.41, 5.74) is 1.32. The summed E-state index contributed by atoms with van der Waals surface area (Å²) < 4.78 is 0. The molecule has 1 heterocycles. The maximum absolute atomic E-state index is 4.59. The van der Waals surface area contributed by atoms with Crippen molar-refractivity contribution in [2.45, 2.75) is 44.7 Å². The first-order valence-electron chi connectivity index (χ1n) is 4.29. The van der Waals surface area contributed by atoms with Crippen LogP contribution >= 0.6 is 11.8 Å². The third kappa shape index (κ3) is 2.51. The van der Waals surface area contributed by atoms with Crippen LogP contribution in [0.2, 0.25) is 0 Å². The largest absolute Gasteiger partial charge is 0.279 e. The molecular weight excluding hydrogens is 154 g/mol. The minimum Gasteiger partial charge on any atom is -0.279 e. The molecule has 2 atom stereocenters. The molecule has 2 heteroatoms. The van der Waals surface area contributed by atoms with E-state index in [1.54, 1.807) is 0 Å². The molecule has 0 radical (unpaired) electrons. The van der Waals surface area contributed by atoms with Crippen LogP contribution in [0.1, 0.15) is 34.1 Å². The zero-order chi connectivity index (χ0) is 8.43. The predicted octanol–water partition coefficient (Wildman–Crippen LogP) is 2.95. The topological polar surface area (TPSA) is 12.4 Å². The van der Waals surface area contributed by atoms with Crippen LogP contribution in [0.3, 0.4) is 0 Å². The molecular formula is C9H17NS. The van der Waals surface area contributed by atoms with Gasteiger partial charge < -0.3 is 0 Å². The molecule has 1 aliphatic heterocycles. The van der Waals surface area contributed by atoms with Crippen molar-refractivity contribution in [2.24, 2.45) is 10.9 Å². The van der Waals surface area contributed by atoms with Crippen molar-refractivity contribution in [3.63, 3.8) is 0 Å². The van der Waals surface area contributed by atoms with Crippen molar-refractivity contribution in [1.29, 1.82) is 0 Å². The summed E-state index contributed by atoms with van der Waals surface area (Å²) in [4.78, 5) is 4.59. The molecule has 0 fully saturated rings. The van der Waals surface area contributed by atoms with Gasteiger partial charge in [0.1, 0.15) is 0 Å². The van der Waals surface area contributed by atoms with Crippen LogP contribution in [0, 0.1) is 5.92 Å². The van der Waals surface area contributed by atoms with Crippen molar-refractivity contribution < 1.29 is 0 Å². The van der Waals surface area contributed by atoms with Gasteiger partial charge in [-0.2, -0.15) is 0 Å². The highest BCUT2D eigenvalue weighted by Crippen LogP contribution is 2.31. The van der Waals surface area contributed by atoms with E-state index < -0.39 is 0 Å². The lowest BCUT2D eigenvalue weighted by Crippen LogP contribution is -2.03. The normalized spacial score (nSPS) is 31.2. The van der Waals surface area contributed by atoms with Gasteiger partial charge >= 0.3 is 0 Å². The molecule has 11 heavy (non-hydrogen) atoms. The fraction of sp³-hybridized carbons (Fsp3) is 0.889. The standard InChI is InChI=1S/C9H17NS/c1-6(2)5-9-10-7(3)8(4)11-9/h6,8-9H,5H2,1-4H3. The number of aliphatic imine (C=N–C) groups is 1. The number of rotatable bonds is 2. The van der Waals surface area contributed by atoms with Gasteiger partial charge in [0.25, 0.3) is 0 Å². The van der Waals surface area contributed by atoms with Crippen LogP contribution < -0.4 is 0 Å². The summed E-state index contributed by atoms with van der Waals surface area (Å²) in [6.07, 6.45) is 1.23. The molecule has 0 aromatic carbocycles. The highest BCUT2D eigenvalue weighted by molar-refractivity contribution is 8.01. The molecule has 64 valence electrons. The molecule has 1 rings (SSSR count). The van der Waals surface area contributed by atoms with Crippen LogP contribution in [0.5, 0.6) is 0 Å².